The summed E-state index contributed by atoms with van der Waals surface area (Å²) in [7, 11) is 0. The second-order valence-corrected chi connectivity index (χ2v) is 4.83. The van der Waals surface area contributed by atoms with Crippen LogP contribution in [-0.4, -0.2) is 16.1 Å². The zero-order valence-electron chi connectivity index (χ0n) is 10.4. The quantitative estimate of drug-likeness (QED) is 0.844. The average molecular weight is 221 g/mol. The van der Waals surface area contributed by atoms with Crippen molar-refractivity contribution in [2.45, 2.75) is 52.0 Å². The van der Waals surface area contributed by atoms with Crippen LogP contribution in [0.4, 0.5) is 5.95 Å². The molecule has 0 aliphatic heterocycles. The van der Waals surface area contributed by atoms with Crippen LogP contribution in [0.15, 0.2) is 12.4 Å². The molecular weight excluding hydrogens is 198 g/mol. The van der Waals surface area contributed by atoms with E-state index in [1.54, 1.807) is 0 Å². The van der Waals surface area contributed by atoms with E-state index < -0.39 is 0 Å². The molecule has 3 heteroatoms. The van der Waals surface area contributed by atoms with Crippen LogP contribution >= 0.6 is 0 Å². The fourth-order valence-electron chi connectivity index (χ4n) is 2.78. The van der Waals surface area contributed by atoms with Gasteiger partial charge in [-0.2, -0.15) is 0 Å². The van der Waals surface area contributed by atoms with Crippen molar-refractivity contribution >= 4 is 5.95 Å². The maximum absolute atomic E-state index is 4.37. The van der Waals surface area contributed by atoms with Gasteiger partial charge in [-0.05, 0) is 32.6 Å². The van der Waals surface area contributed by atoms with Gasteiger partial charge in [-0.15, -0.1) is 0 Å². The largest absolute Gasteiger partial charge is 0.356 e. The second-order valence-electron chi connectivity index (χ2n) is 4.83. The number of nitrogens with one attached hydrogen (secondary N) is 1. The molecule has 0 radical (unpaired) electrons. The molecule has 3 nitrogen and oxygen atoms in total. The third-order valence-corrected chi connectivity index (χ3v) is 3.77. The summed E-state index contributed by atoms with van der Waals surface area (Å²) in [6, 6.07) is 0.580. The van der Waals surface area contributed by atoms with Crippen LogP contribution in [0.3, 0.4) is 0 Å². The Kier molecular flexibility index (Phi) is 3.86. The minimum absolute atomic E-state index is 0.580. The number of hydrogen-bond donors (Lipinski definition) is 1. The Morgan fingerprint density at radius 1 is 1.44 bits per heavy atom. The van der Waals surface area contributed by atoms with Crippen LogP contribution in [0.25, 0.3) is 0 Å². The van der Waals surface area contributed by atoms with E-state index in [2.05, 4.69) is 34.9 Å². The molecule has 0 saturated heterocycles. The molecule has 16 heavy (non-hydrogen) atoms. The molecule has 1 aromatic rings. The first-order chi connectivity index (χ1) is 7.83. The first-order valence-electron chi connectivity index (χ1n) is 6.59. The summed E-state index contributed by atoms with van der Waals surface area (Å²) in [4.78, 5) is 4.37. The molecule has 1 heterocycles. The highest BCUT2D eigenvalue weighted by Crippen LogP contribution is 2.33. The van der Waals surface area contributed by atoms with Crippen molar-refractivity contribution in [3.8, 4) is 0 Å². The Hall–Kier alpha value is -0.990. The number of rotatable bonds is 4. The summed E-state index contributed by atoms with van der Waals surface area (Å²) in [5.74, 6) is 1.86. The van der Waals surface area contributed by atoms with Crippen molar-refractivity contribution in [2.75, 3.05) is 11.9 Å². The van der Waals surface area contributed by atoms with E-state index in [-0.39, 0.29) is 0 Å². The fourth-order valence-corrected chi connectivity index (χ4v) is 2.78. The summed E-state index contributed by atoms with van der Waals surface area (Å²) in [6.07, 6.45) is 11.0. The highest BCUT2D eigenvalue weighted by molar-refractivity contribution is 5.26. The monoisotopic (exact) mass is 221 g/mol. The van der Waals surface area contributed by atoms with Gasteiger partial charge in [0.1, 0.15) is 0 Å². The van der Waals surface area contributed by atoms with E-state index in [4.69, 9.17) is 0 Å². The third kappa shape index (κ3) is 2.39. The normalized spacial score (nSPS) is 19.6. The molecule has 1 aliphatic carbocycles. The Labute approximate surface area is 98.3 Å². The lowest BCUT2D eigenvalue weighted by atomic mass is 9.84. The maximum Gasteiger partial charge on any atom is 0.203 e. The molecule has 0 spiro atoms. The Morgan fingerprint density at radius 2 is 2.19 bits per heavy atom. The van der Waals surface area contributed by atoms with Crippen LogP contribution in [0.2, 0.25) is 0 Å². The van der Waals surface area contributed by atoms with E-state index >= 15 is 0 Å². The van der Waals surface area contributed by atoms with Gasteiger partial charge in [0, 0.05) is 25.0 Å². The number of imidazole rings is 1. The molecule has 1 fully saturated rings. The fraction of sp³-hybridized carbons (Fsp3) is 0.769. The van der Waals surface area contributed by atoms with E-state index in [0.29, 0.717) is 6.04 Å². The zero-order valence-corrected chi connectivity index (χ0v) is 10.4. The lowest BCUT2D eigenvalue weighted by Crippen LogP contribution is -2.20. The van der Waals surface area contributed by atoms with Gasteiger partial charge >= 0.3 is 0 Å². The highest BCUT2D eigenvalue weighted by atomic mass is 15.2. The lowest BCUT2D eigenvalue weighted by molar-refractivity contribution is 0.265. The molecule has 1 saturated carbocycles. The Morgan fingerprint density at radius 3 is 2.88 bits per heavy atom. The second kappa shape index (κ2) is 5.37. The van der Waals surface area contributed by atoms with E-state index in [9.17, 15) is 0 Å². The van der Waals surface area contributed by atoms with E-state index in [1.165, 1.54) is 32.1 Å². The summed E-state index contributed by atoms with van der Waals surface area (Å²) in [5.41, 5.74) is 0. The van der Waals surface area contributed by atoms with Crippen molar-refractivity contribution in [3.63, 3.8) is 0 Å². The molecule has 90 valence electrons. The average Bonchev–Trinajstić information content (AvgIpc) is 2.78. The van der Waals surface area contributed by atoms with Crippen LogP contribution in [0.1, 0.15) is 52.0 Å². The number of anilines is 1. The van der Waals surface area contributed by atoms with Crippen LogP contribution in [0, 0.1) is 5.92 Å². The third-order valence-electron chi connectivity index (χ3n) is 3.77. The van der Waals surface area contributed by atoms with Gasteiger partial charge in [0.05, 0.1) is 0 Å². The molecule has 1 aliphatic rings. The van der Waals surface area contributed by atoms with Crippen molar-refractivity contribution in [1.82, 2.24) is 9.55 Å². The van der Waals surface area contributed by atoms with Gasteiger partial charge < -0.3 is 9.88 Å². The molecule has 1 atom stereocenters. The Bertz CT molecular complexity index is 313. The molecule has 0 aromatic carbocycles. The van der Waals surface area contributed by atoms with Gasteiger partial charge in [-0.3, -0.25) is 0 Å². The van der Waals surface area contributed by atoms with Gasteiger partial charge in [-0.25, -0.2) is 4.98 Å². The SMILES string of the molecule is CCNc1nccn1C(C)C1CCCCC1. The molecule has 0 bridgehead atoms. The zero-order chi connectivity index (χ0) is 11.4. The van der Waals surface area contributed by atoms with Gasteiger partial charge in [0.2, 0.25) is 5.95 Å². The van der Waals surface area contributed by atoms with Crippen molar-refractivity contribution in [3.05, 3.63) is 12.4 Å². The van der Waals surface area contributed by atoms with Crippen molar-refractivity contribution in [1.29, 1.82) is 0 Å². The smallest absolute Gasteiger partial charge is 0.203 e. The van der Waals surface area contributed by atoms with E-state index in [0.717, 1.165) is 18.4 Å². The van der Waals surface area contributed by atoms with Crippen LogP contribution in [-0.2, 0) is 0 Å². The minimum Gasteiger partial charge on any atom is -0.356 e. The molecule has 2 rings (SSSR count). The number of hydrogen-bond acceptors (Lipinski definition) is 2. The molecule has 1 unspecified atom stereocenters. The predicted octanol–water partition coefficient (Wildman–Crippen LogP) is 3.46. The molecular formula is C13H23N3. The van der Waals surface area contributed by atoms with Crippen LogP contribution in [0.5, 0.6) is 0 Å². The lowest BCUT2D eigenvalue weighted by Gasteiger charge is -2.29. The molecule has 0 amide bonds. The highest BCUT2D eigenvalue weighted by Gasteiger charge is 2.22. The number of aromatic nitrogens is 2. The van der Waals surface area contributed by atoms with Crippen molar-refractivity contribution in [2.24, 2.45) is 5.92 Å². The summed E-state index contributed by atoms with van der Waals surface area (Å²) in [5, 5.41) is 3.33. The minimum atomic E-state index is 0.580. The topological polar surface area (TPSA) is 29.9 Å². The van der Waals surface area contributed by atoms with Gasteiger partial charge in [0.15, 0.2) is 0 Å². The predicted molar refractivity (Wildman–Crippen MR) is 67.7 cm³/mol. The summed E-state index contributed by atoms with van der Waals surface area (Å²) < 4.78 is 2.31. The Balaban J connectivity index is 2.06. The van der Waals surface area contributed by atoms with Gasteiger partial charge in [-0.1, -0.05) is 19.3 Å². The standard InChI is InChI=1S/C13H23N3/c1-3-14-13-15-9-10-16(13)11(2)12-7-5-4-6-8-12/h9-12H,3-8H2,1-2H3,(H,14,15). The van der Waals surface area contributed by atoms with Crippen LogP contribution < -0.4 is 5.32 Å². The molecule has 1 N–H and O–H groups in total. The summed E-state index contributed by atoms with van der Waals surface area (Å²) in [6.45, 7) is 5.39. The maximum atomic E-state index is 4.37. The van der Waals surface area contributed by atoms with Crippen molar-refractivity contribution < 1.29 is 0 Å². The molecule has 1 aromatic heterocycles. The first kappa shape index (κ1) is 11.5. The van der Waals surface area contributed by atoms with Gasteiger partial charge in [0.25, 0.3) is 0 Å². The first-order valence-corrected chi connectivity index (χ1v) is 6.59. The number of nitrogens with zero attached hydrogens (tertiary/aromatic N) is 2. The summed E-state index contributed by atoms with van der Waals surface area (Å²) >= 11 is 0. The van der Waals surface area contributed by atoms with E-state index in [1.807, 2.05) is 6.20 Å².